The fourth-order valence-corrected chi connectivity index (χ4v) is 3.33. The Morgan fingerprint density at radius 1 is 1.22 bits per heavy atom. The lowest BCUT2D eigenvalue weighted by molar-refractivity contribution is 1.08. The largest absolute Gasteiger partial charge is 0.349 e. The van der Waals surface area contributed by atoms with Crippen LogP contribution in [-0.4, -0.2) is 9.97 Å². The monoisotopic (exact) mass is 318 g/mol. The van der Waals surface area contributed by atoms with Gasteiger partial charge in [-0.15, -0.1) is 0 Å². The zero-order valence-electron chi connectivity index (χ0n) is 9.77. The number of aromatic nitrogens is 2. The molecular weight excluding hydrogens is 308 g/mol. The minimum absolute atomic E-state index is 0.979. The molecular formula is C14H11BrN2S. The lowest BCUT2D eigenvalue weighted by Gasteiger charge is -2.02. The molecule has 0 saturated heterocycles. The van der Waals surface area contributed by atoms with Gasteiger partial charge in [0.15, 0.2) is 0 Å². The fraction of sp³-hybridized carbons (Fsp3) is 0.0714. The number of nitrogens with zero attached hydrogens (tertiary/aromatic N) is 1. The summed E-state index contributed by atoms with van der Waals surface area (Å²) in [5.74, 6) is 0. The lowest BCUT2D eigenvalue weighted by atomic mass is 10.3. The molecule has 1 N–H and O–H groups in total. The number of halogens is 1. The molecule has 2 aromatic heterocycles. The molecule has 0 aliphatic carbocycles. The number of fused-ring (bicyclic) bond motifs is 1. The highest BCUT2D eigenvalue weighted by Gasteiger charge is 2.06. The van der Waals surface area contributed by atoms with Crippen LogP contribution in [-0.2, 0) is 0 Å². The molecule has 0 bridgehead atoms. The number of hydrogen-bond donors (Lipinski definition) is 1. The molecule has 4 heteroatoms. The Hall–Kier alpha value is -1.26. The molecule has 18 heavy (non-hydrogen) atoms. The summed E-state index contributed by atoms with van der Waals surface area (Å²) in [6.45, 7) is 2.04. The molecule has 0 aliphatic heterocycles. The molecule has 0 aliphatic rings. The molecule has 3 rings (SSSR count). The van der Waals surface area contributed by atoms with Crippen molar-refractivity contribution in [2.24, 2.45) is 0 Å². The van der Waals surface area contributed by atoms with Crippen molar-refractivity contribution in [1.82, 2.24) is 9.97 Å². The van der Waals surface area contributed by atoms with Crippen LogP contribution >= 0.6 is 27.7 Å². The molecule has 2 nitrogen and oxygen atoms in total. The third-order valence-electron chi connectivity index (χ3n) is 2.66. The number of para-hydroxylation sites is 1. The van der Waals surface area contributed by atoms with Gasteiger partial charge in [0.2, 0.25) is 0 Å². The Kier molecular flexibility index (Phi) is 3.14. The second-order valence-corrected chi connectivity index (χ2v) is 6.01. The molecule has 3 aromatic rings. The van der Waals surface area contributed by atoms with Gasteiger partial charge in [0.1, 0.15) is 5.03 Å². The third-order valence-corrected chi connectivity index (χ3v) is 4.48. The molecule has 0 saturated carbocycles. The van der Waals surface area contributed by atoms with Crippen LogP contribution in [0.3, 0.4) is 0 Å². The van der Waals surface area contributed by atoms with Gasteiger partial charge in [0.25, 0.3) is 0 Å². The topological polar surface area (TPSA) is 28.7 Å². The van der Waals surface area contributed by atoms with Gasteiger partial charge in [0, 0.05) is 17.1 Å². The van der Waals surface area contributed by atoms with Crippen molar-refractivity contribution in [2.75, 3.05) is 0 Å². The summed E-state index contributed by atoms with van der Waals surface area (Å²) in [4.78, 5) is 7.83. The molecule has 0 atom stereocenters. The van der Waals surface area contributed by atoms with Crippen LogP contribution in [0.15, 0.2) is 57.1 Å². The Bertz CT molecular complexity index is 673. The number of pyridine rings is 1. The number of aryl methyl sites for hydroxylation is 1. The van der Waals surface area contributed by atoms with Crippen LogP contribution in [0.25, 0.3) is 10.9 Å². The Labute approximate surface area is 118 Å². The molecule has 2 heterocycles. The zero-order valence-corrected chi connectivity index (χ0v) is 12.2. The summed E-state index contributed by atoms with van der Waals surface area (Å²) >= 11 is 5.19. The average molecular weight is 319 g/mol. The molecule has 0 radical (unpaired) electrons. The van der Waals surface area contributed by atoms with E-state index >= 15 is 0 Å². The maximum Gasteiger partial charge on any atom is 0.116 e. The number of H-pyrrole nitrogens is 1. The van der Waals surface area contributed by atoms with Crippen LogP contribution < -0.4 is 0 Å². The zero-order chi connectivity index (χ0) is 12.5. The van der Waals surface area contributed by atoms with Crippen molar-refractivity contribution in [3.8, 4) is 0 Å². The van der Waals surface area contributed by atoms with Crippen LogP contribution in [0.2, 0.25) is 0 Å². The number of nitrogens with one attached hydrogen (secondary N) is 1. The molecule has 0 amide bonds. The van der Waals surface area contributed by atoms with E-state index in [1.807, 2.05) is 25.3 Å². The highest BCUT2D eigenvalue weighted by Crippen LogP contribution is 2.33. The summed E-state index contributed by atoms with van der Waals surface area (Å²) in [6.07, 6.45) is 1.88. The van der Waals surface area contributed by atoms with E-state index in [1.165, 1.54) is 5.39 Å². The smallest absolute Gasteiger partial charge is 0.116 e. The van der Waals surface area contributed by atoms with E-state index in [1.54, 1.807) is 11.8 Å². The fourth-order valence-electron chi connectivity index (χ4n) is 1.80. The Morgan fingerprint density at radius 2 is 2.06 bits per heavy atom. The number of aromatic amines is 1. The van der Waals surface area contributed by atoms with Gasteiger partial charge in [-0.2, -0.15) is 0 Å². The normalized spacial score (nSPS) is 11.0. The van der Waals surface area contributed by atoms with Crippen molar-refractivity contribution in [3.05, 3.63) is 52.6 Å². The van der Waals surface area contributed by atoms with Gasteiger partial charge in [-0.3, -0.25) is 0 Å². The van der Waals surface area contributed by atoms with Crippen molar-refractivity contribution < 1.29 is 0 Å². The molecule has 0 fully saturated rings. The van der Waals surface area contributed by atoms with Gasteiger partial charge in [-0.1, -0.05) is 30.0 Å². The first-order valence-electron chi connectivity index (χ1n) is 5.60. The third kappa shape index (κ3) is 2.31. The first-order chi connectivity index (χ1) is 8.72. The summed E-state index contributed by atoms with van der Waals surface area (Å²) in [6, 6.07) is 12.5. The van der Waals surface area contributed by atoms with Gasteiger partial charge in [-0.25, -0.2) is 4.98 Å². The quantitative estimate of drug-likeness (QED) is 0.736. The minimum Gasteiger partial charge on any atom is -0.349 e. The van der Waals surface area contributed by atoms with Gasteiger partial charge >= 0.3 is 0 Å². The SMILES string of the molecule is Cc1cnc(Sc2cc3ccccc3[nH]2)c(Br)c1. The van der Waals surface area contributed by atoms with Gasteiger partial charge in [0.05, 0.1) is 9.50 Å². The highest BCUT2D eigenvalue weighted by atomic mass is 79.9. The van der Waals surface area contributed by atoms with E-state index < -0.39 is 0 Å². The highest BCUT2D eigenvalue weighted by molar-refractivity contribution is 9.10. The first-order valence-corrected chi connectivity index (χ1v) is 7.21. The van der Waals surface area contributed by atoms with Gasteiger partial charge < -0.3 is 4.98 Å². The molecule has 0 spiro atoms. The van der Waals surface area contributed by atoms with Crippen LogP contribution in [0.5, 0.6) is 0 Å². The van der Waals surface area contributed by atoms with Crippen LogP contribution in [0, 0.1) is 6.92 Å². The molecule has 0 unspecified atom stereocenters. The van der Waals surface area contributed by atoms with E-state index in [9.17, 15) is 0 Å². The average Bonchev–Trinajstić information content (AvgIpc) is 2.75. The second-order valence-electron chi connectivity index (χ2n) is 4.12. The van der Waals surface area contributed by atoms with E-state index in [4.69, 9.17) is 0 Å². The maximum absolute atomic E-state index is 4.44. The van der Waals surface area contributed by atoms with Crippen molar-refractivity contribution >= 4 is 38.6 Å². The summed E-state index contributed by atoms with van der Waals surface area (Å²) in [7, 11) is 0. The lowest BCUT2D eigenvalue weighted by Crippen LogP contribution is -1.83. The van der Waals surface area contributed by atoms with Crippen molar-refractivity contribution in [1.29, 1.82) is 0 Å². The maximum atomic E-state index is 4.44. The Morgan fingerprint density at radius 3 is 2.83 bits per heavy atom. The van der Waals surface area contributed by atoms with E-state index in [0.717, 1.165) is 25.6 Å². The van der Waals surface area contributed by atoms with E-state index in [-0.39, 0.29) is 0 Å². The second kappa shape index (κ2) is 4.78. The standard InChI is InChI=1S/C14H11BrN2S/c1-9-6-11(15)14(16-8-9)18-13-7-10-4-2-3-5-12(10)17-13/h2-8,17H,1H3. The predicted octanol–water partition coefficient (Wildman–Crippen LogP) is 4.79. The number of hydrogen-bond acceptors (Lipinski definition) is 2. The van der Waals surface area contributed by atoms with E-state index in [2.05, 4.69) is 50.2 Å². The van der Waals surface area contributed by atoms with Crippen LogP contribution in [0.1, 0.15) is 5.56 Å². The Balaban J connectivity index is 1.96. The molecule has 90 valence electrons. The van der Waals surface area contributed by atoms with Gasteiger partial charge in [-0.05, 0) is 46.6 Å². The van der Waals surface area contributed by atoms with E-state index in [0.29, 0.717) is 0 Å². The van der Waals surface area contributed by atoms with Crippen molar-refractivity contribution in [3.63, 3.8) is 0 Å². The molecule has 1 aromatic carbocycles. The van der Waals surface area contributed by atoms with Crippen LogP contribution in [0.4, 0.5) is 0 Å². The minimum atomic E-state index is 0.979. The number of benzene rings is 1. The summed E-state index contributed by atoms with van der Waals surface area (Å²) < 4.78 is 1.03. The number of rotatable bonds is 2. The predicted molar refractivity (Wildman–Crippen MR) is 79.1 cm³/mol. The first kappa shape index (κ1) is 11.8. The summed E-state index contributed by atoms with van der Waals surface area (Å²) in [5.41, 5.74) is 2.31. The van der Waals surface area contributed by atoms with Crippen molar-refractivity contribution in [2.45, 2.75) is 17.0 Å². The summed E-state index contributed by atoms with van der Waals surface area (Å²) in [5, 5.41) is 3.31.